The average molecular weight is 289 g/mol. The number of halogens is 2. The molecule has 1 aromatic rings. The molecule has 2 rings (SSSR count). The van der Waals surface area contributed by atoms with Crippen LogP contribution in [0.2, 0.25) is 0 Å². The van der Waals surface area contributed by atoms with Gasteiger partial charge in [0.05, 0.1) is 12.1 Å². The second-order valence-electron chi connectivity index (χ2n) is 3.22. The molecule has 0 radical (unpaired) electrons. The third-order valence-electron chi connectivity index (χ3n) is 2.02. The Labute approximate surface area is 111 Å². The summed E-state index contributed by atoms with van der Waals surface area (Å²) in [7, 11) is 0. The lowest BCUT2D eigenvalue weighted by molar-refractivity contribution is 0.0974. The molecule has 0 saturated carbocycles. The molecule has 0 aromatic carbocycles. The van der Waals surface area contributed by atoms with Crippen LogP contribution >= 0.6 is 23.5 Å². The van der Waals surface area contributed by atoms with Crippen LogP contribution in [0.4, 0.5) is 8.78 Å². The fraction of sp³-hybridized carbons (Fsp3) is 0.300. The highest BCUT2D eigenvalue weighted by Crippen LogP contribution is 2.26. The summed E-state index contributed by atoms with van der Waals surface area (Å²) >= 11 is 1.69. The normalized spacial score (nSPS) is 14.7. The SMILES string of the molecule is O=C(NC1=NCCS1)c1cccnc1SC(F)F. The van der Waals surface area contributed by atoms with Gasteiger partial charge >= 0.3 is 0 Å². The molecule has 0 fully saturated rings. The highest BCUT2D eigenvalue weighted by molar-refractivity contribution is 8.14. The number of rotatable bonds is 3. The van der Waals surface area contributed by atoms with Crippen molar-refractivity contribution in [1.82, 2.24) is 10.3 Å². The first kappa shape index (κ1) is 13.3. The summed E-state index contributed by atoms with van der Waals surface area (Å²) in [6.07, 6.45) is 1.38. The molecule has 0 bridgehead atoms. The molecule has 0 unspecified atom stereocenters. The number of alkyl halides is 2. The zero-order chi connectivity index (χ0) is 13.0. The maximum Gasteiger partial charge on any atom is 0.290 e. The topological polar surface area (TPSA) is 54.4 Å². The molecule has 2 heterocycles. The molecule has 0 atom stereocenters. The van der Waals surface area contributed by atoms with Gasteiger partial charge in [0, 0.05) is 11.9 Å². The molecule has 0 spiro atoms. The number of pyridine rings is 1. The number of amides is 1. The van der Waals surface area contributed by atoms with Crippen LogP contribution in [0.5, 0.6) is 0 Å². The van der Waals surface area contributed by atoms with Gasteiger partial charge in [-0.2, -0.15) is 8.78 Å². The summed E-state index contributed by atoms with van der Waals surface area (Å²) in [6.45, 7) is 0.659. The van der Waals surface area contributed by atoms with Gasteiger partial charge in [-0.05, 0) is 23.9 Å². The van der Waals surface area contributed by atoms with Gasteiger partial charge in [0.15, 0.2) is 5.17 Å². The Morgan fingerprint density at radius 2 is 2.39 bits per heavy atom. The van der Waals surface area contributed by atoms with Crippen molar-refractivity contribution in [3.8, 4) is 0 Å². The van der Waals surface area contributed by atoms with Crippen molar-refractivity contribution in [1.29, 1.82) is 0 Å². The van der Waals surface area contributed by atoms with E-state index in [1.165, 1.54) is 30.1 Å². The number of nitrogens with zero attached hydrogens (tertiary/aromatic N) is 2. The van der Waals surface area contributed by atoms with Gasteiger partial charge in [-0.15, -0.1) is 0 Å². The maximum atomic E-state index is 12.3. The Kier molecular flexibility index (Phi) is 4.54. The summed E-state index contributed by atoms with van der Waals surface area (Å²) in [4.78, 5) is 19.8. The lowest BCUT2D eigenvalue weighted by atomic mass is 10.3. The van der Waals surface area contributed by atoms with Crippen LogP contribution in [-0.4, -0.2) is 34.1 Å². The molecule has 96 valence electrons. The van der Waals surface area contributed by atoms with E-state index in [9.17, 15) is 13.6 Å². The van der Waals surface area contributed by atoms with Crippen molar-refractivity contribution in [3.05, 3.63) is 23.9 Å². The standard InChI is InChI=1S/C10H9F2N3OS2/c11-9(12)18-8-6(2-1-3-13-8)7(16)15-10-14-4-5-17-10/h1-3,9H,4-5H2,(H,14,15,16). The molecule has 1 aromatic heterocycles. The number of carbonyl (C=O) groups is 1. The monoisotopic (exact) mass is 289 g/mol. The van der Waals surface area contributed by atoms with Crippen molar-refractivity contribution < 1.29 is 13.6 Å². The molecule has 1 aliphatic rings. The van der Waals surface area contributed by atoms with E-state index < -0.39 is 11.7 Å². The molecule has 4 nitrogen and oxygen atoms in total. The number of thioether (sulfide) groups is 2. The van der Waals surface area contributed by atoms with E-state index in [2.05, 4.69) is 15.3 Å². The molecular formula is C10H9F2N3OS2. The molecule has 8 heteroatoms. The minimum Gasteiger partial charge on any atom is -0.301 e. The van der Waals surface area contributed by atoms with E-state index in [1.54, 1.807) is 0 Å². The van der Waals surface area contributed by atoms with E-state index in [1.807, 2.05) is 0 Å². The maximum absolute atomic E-state index is 12.3. The fourth-order valence-corrected chi connectivity index (χ4v) is 2.62. The van der Waals surface area contributed by atoms with E-state index in [4.69, 9.17) is 0 Å². The third-order valence-corrected chi connectivity index (χ3v) is 3.64. The minimum absolute atomic E-state index is 0.0218. The Balaban J connectivity index is 2.13. The van der Waals surface area contributed by atoms with Crippen molar-refractivity contribution in [2.75, 3.05) is 12.3 Å². The Hall–Kier alpha value is -1.15. The molecule has 18 heavy (non-hydrogen) atoms. The number of hydrogen-bond donors (Lipinski definition) is 1. The number of carbonyl (C=O) groups excluding carboxylic acids is 1. The van der Waals surface area contributed by atoms with Crippen LogP contribution in [0.25, 0.3) is 0 Å². The van der Waals surface area contributed by atoms with Crippen molar-refractivity contribution >= 4 is 34.6 Å². The Bertz CT molecular complexity index is 482. The van der Waals surface area contributed by atoms with Gasteiger partial charge in [-0.3, -0.25) is 9.79 Å². The van der Waals surface area contributed by atoms with Crippen LogP contribution in [0.1, 0.15) is 10.4 Å². The van der Waals surface area contributed by atoms with Gasteiger partial charge < -0.3 is 5.32 Å². The first-order valence-corrected chi connectivity index (χ1v) is 6.92. The summed E-state index contributed by atoms with van der Waals surface area (Å²) in [5.41, 5.74) is 0.137. The highest BCUT2D eigenvalue weighted by atomic mass is 32.2. The number of amidine groups is 1. The van der Waals surface area contributed by atoms with Gasteiger partial charge in [0.1, 0.15) is 5.03 Å². The lowest BCUT2D eigenvalue weighted by Crippen LogP contribution is -2.28. The zero-order valence-corrected chi connectivity index (χ0v) is 10.7. The molecule has 1 N–H and O–H groups in total. The van der Waals surface area contributed by atoms with Gasteiger partial charge in [0.2, 0.25) is 0 Å². The first-order valence-electron chi connectivity index (χ1n) is 5.05. The summed E-state index contributed by atoms with van der Waals surface area (Å²) in [5.74, 6) is -2.24. The second-order valence-corrected chi connectivity index (χ2v) is 5.29. The van der Waals surface area contributed by atoms with Gasteiger partial charge in [0.25, 0.3) is 11.7 Å². The molecular weight excluding hydrogens is 280 g/mol. The third kappa shape index (κ3) is 3.42. The smallest absolute Gasteiger partial charge is 0.290 e. The van der Waals surface area contributed by atoms with Crippen LogP contribution in [0.15, 0.2) is 28.3 Å². The largest absolute Gasteiger partial charge is 0.301 e. The molecule has 1 aliphatic heterocycles. The number of nitrogens with one attached hydrogen (secondary N) is 1. The van der Waals surface area contributed by atoms with E-state index in [0.29, 0.717) is 11.7 Å². The molecule has 0 aliphatic carbocycles. The number of hydrogen-bond acceptors (Lipinski definition) is 5. The summed E-state index contributed by atoms with van der Waals surface area (Å²) < 4.78 is 24.7. The van der Waals surface area contributed by atoms with Crippen LogP contribution in [-0.2, 0) is 0 Å². The van der Waals surface area contributed by atoms with Crippen LogP contribution < -0.4 is 5.32 Å². The molecule has 1 amide bonds. The zero-order valence-electron chi connectivity index (χ0n) is 9.10. The van der Waals surface area contributed by atoms with E-state index in [-0.39, 0.29) is 22.4 Å². The van der Waals surface area contributed by atoms with Crippen LogP contribution in [0.3, 0.4) is 0 Å². The Morgan fingerprint density at radius 1 is 1.56 bits per heavy atom. The predicted molar refractivity (Wildman–Crippen MR) is 68.3 cm³/mol. The summed E-state index contributed by atoms with van der Waals surface area (Å²) in [6, 6.07) is 3.00. The predicted octanol–water partition coefficient (Wildman–Crippen LogP) is 2.23. The highest BCUT2D eigenvalue weighted by Gasteiger charge is 2.18. The average Bonchev–Trinajstić information content (AvgIpc) is 2.81. The first-order chi connectivity index (χ1) is 8.66. The van der Waals surface area contributed by atoms with Gasteiger partial charge in [-0.25, -0.2) is 4.98 Å². The van der Waals surface area contributed by atoms with Crippen molar-refractivity contribution in [2.24, 2.45) is 4.99 Å². The second kappa shape index (κ2) is 6.14. The fourth-order valence-electron chi connectivity index (χ4n) is 1.32. The Morgan fingerprint density at radius 3 is 3.06 bits per heavy atom. The van der Waals surface area contributed by atoms with Crippen molar-refractivity contribution in [3.63, 3.8) is 0 Å². The van der Waals surface area contributed by atoms with E-state index in [0.717, 1.165) is 5.75 Å². The number of aromatic nitrogens is 1. The quantitative estimate of drug-likeness (QED) is 0.867. The van der Waals surface area contributed by atoms with E-state index >= 15 is 0 Å². The van der Waals surface area contributed by atoms with Gasteiger partial charge in [-0.1, -0.05) is 11.8 Å². The van der Waals surface area contributed by atoms with Crippen LogP contribution in [0, 0.1) is 0 Å². The molecule has 0 saturated heterocycles. The number of aliphatic imine (C=N–C) groups is 1. The lowest BCUT2D eigenvalue weighted by Gasteiger charge is -2.07. The summed E-state index contributed by atoms with van der Waals surface area (Å²) in [5, 5.41) is 3.13. The van der Waals surface area contributed by atoms with Crippen molar-refractivity contribution in [2.45, 2.75) is 10.8 Å². The minimum atomic E-state index is -2.61.